The molecule has 5 heteroatoms. The van der Waals surface area contributed by atoms with E-state index in [0.717, 1.165) is 63.5 Å². The minimum absolute atomic E-state index is 0. The van der Waals surface area contributed by atoms with Gasteiger partial charge in [0.1, 0.15) is 0 Å². The van der Waals surface area contributed by atoms with Crippen LogP contribution < -0.4 is 5.32 Å². The Morgan fingerprint density at radius 3 is 2.47 bits per heavy atom. The third-order valence-electron chi connectivity index (χ3n) is 7.05. The molecule has 2 aromatic carbocycles. The molecular formula is C27H38Cl2N2O. The van der Waals surface area contributed by atoms with Crippen LogP contribution in [0.4, 0.5) is 0 Å². The first kappa shape index (κ1) is 26.9. The van der Waals surface area contributed by atoms with E-state index in [1.165, 1.54) is 41.5 Å². The summed E-state index contributed by atoms with van der Waals surface area (Å²) in [5.74, 6) is 1.14. The predicted octanol–water partition coefficient (Wildman–Crippen LogP) is 5.79. The number of hydrogen-bond acceptors (Lipinski definition) is 3. The maximum atomic E-state index is 12.8. The highest BCUT2D eigenvalue weighted by molar-refractivity contribution is 5.96. The topological polar surface area (TPSA) is 32.3 Å². The fraction of sp³-hybridized carbons (Fsp3) is 0.519. The summed E-state index contributed by atoms with van der Waals surface area (Å²) in [5.41, 5.74) is 6.52. The van der Waals surface area contributed by atoms with Crippen molar-refractivity contribution < 1.29 is 4.79 Å². The minimum Gasteiger partial charge on any atom is -0.317 e. The number of piperidine rings is 1. The summed E-state index contributed by atoms with van der Waals surface area (Å²) < 4.78 is 0. The molecule has 0 radical (unpaired) electrons. The molecule has 2 heterocycles. The number of carbonyl (C=O) groups excluding carboxylic acids is 1. The summed E-state index contributed by atoms with van der Waals surface area (Å²) in [5, 5.41) is 3.42. The van der Waals surface area contributed by atoms with Crippen LogP contribution in [-0.2, 0) is 19.4 Å². The first-order valence-electron chi connectivity index (χ1n) is 11.8. The first-order chi connectivity index (χ1) is 14.7. The molecule has 4 rings (SSSR count). The van der Waals surface area contributed by atoms with Crippen molar-refractivity contribution in [2.45, 2.75) is 58.4 Å². The Morgan fingerprint density at radius 1 is 1.00 bits per heavy atom. The van der Waals surface area contributed by atoms with Gasteiger partial charge in [0.2, 0.25) is 0 Å². The predicted molar refractivity (Wildman–Crippen MR) is 139 cm³/mol. The average molecular weight is 478 g/mol. The molecule has 1 N–H and O–H groups in total. The Kier molecular flexibility index (Phi) is 11.2. The number of benzene rings is 2. The van der Waals surface area contributed by atoms with Crippen molar-refractivity contribution in [1.29, 1.82) is 0 Å². The monoisotopic (exact) mass is 476 g/mol. The molecule has 2 aliphatic rings. The van der Waals surface area contributed by atoms with Crippen LogP contribution in [0.25, 0.3) is 0 Å². The molecule has 0 unspecified atom stereocenters. The zero-order chi connectivity index (χ0) is 20.8. The molecule has 0 bridgehead atoms. The molecule has 3 nitrogen and oxygen atoms in total. The number of nitrogens with one attached hydrogen (secondary N) is 1. The van der Waals surface area contributed by atoms with Gasteiger partial charge < -0.3 is 5.32 Å². The maximum Gasteiger partial charge on any atom is 0.162 e. The van der Waals surface area contributed by atoms with Gasteiger partial charge in [-0.3, -0.25) is 9.69 Å². The van der Waals surface area contributed by atoms with E-state index in [2.05, 4.69) is 59.6 Å². The summed E-state index contributed by atoms with van der Waals surface area (Å²) >= 11 is 0. The third kappa shape index (κ3) is 7.31. The van der Waals surface area contributed by atoms with Crippen molar-refractivity contribution in [3.8, 4) is 0 Å². The number of ketones is 1. The molecule has 1 saturated heterocycles. The number of carbonyl (C=O) groups is 1. The Labute approximate surface area is 206 Å². The van der Waals surface area contributed by atoms with Crippen molar-refractivity contribution in [1.82, 2.24) is 10.2 Å². The fourth-order valence-corrected chi connectivity index (χ4v) is 5.00. The maximum absolute atomic E-state index is 12.8. The average Bonchev–Trinajstić information content (AvgIpc) is 2.98. The SMILES string of the molecule is Cc1ccccc1CN1CCc2ccc(C(=O)CCCC3CCNCC3)cc2CC1.Cl.Cl. The van der Waals surface area contributed by atoms with Gasteiger partial charge in [-0.1, -0.05) is 36.4 Å². The molecule has 0 saturated carbocycles. The van der Waals surface area contributed by atoms with E-state index in [-0.39, 0.29) is 24.8 Å². The molecule has 0 spiro atoms. The Balaban J connectivity index is 0.00000181. The number of aryl methyl sites for hydroxylation is 1. The smallest absolute Gasteiger partial charge is 0.162 e. The summed E-state index contributed by atoms with van der Waals surface area (Å²) in [7, 11) is 0. The Hall–Kier alpha value is -1.39. The molecular weight excluding hydrogens is 439 g/mol. The largest absolute Gasteiger partial charge is 0.317 e. The number of hydrogen-bond donors (Lipinski definition) is 1. The van der Waals surface area contributed by atoms with Crippen LogP contribution in [0.3, 0.4) is 0 Å². The number of nitrogens with zero attached hydrogens (tertiary/aromatic N) is 1. The second kappa shape index (κ2) is 13.3. The fourth-order valence-electron chi connectivity index (χ4n) is 5.00. The quantitative estimate of drug-likeness (QED) is 0.512. The van der Waals surface area contributed by atoms with Gasteiger partial charge in [-0.25, -0.2) is 0 Å². The molecule has 176 valence electrons. The van der Waals surface area contributed by atoms with E-state index >= 15 is 0 Å². The van der Waals surface area contributed by atoms with Crippen molar-refractivity contribution in [2.75, 3.05) is 26.2 Å². The van der Waals surface area contributed by atoms with E-state index in [0.29, 0.717) is 12.2 Å². The highest BCUT2D eigenvalue weighted by atomic mass is 35.5. The second-order valence-corrected chi connectivity index (χ2v) is 9.19. The van der Waals surface area contributed by atoms with Crippen molar-refractivity contribution >= 4 is 30.6 Å². The molecule has 0 amide bonds. The van der Waals surface area contributed by atoms with Crippen LogP contribution in [0.5, 0.6) is 0 Å². The highest BCUT2D eigenvalue weighted by Crippen LogP contribution is 2.23. The number of Topliss-reactive ketones (excluding diaryl/α,β-unsaturated/α-hetero) is 1. The normalized spacial score (nSPS) is 16.9. The molecule has 0 atom stereocenters. The van der Waals surface area contributed by atoms with Gasteiger partial charge in [0.05, 0.1) is 0 Å². The summed E-state index contributed by atoms with van der Waals surface area (Å²) in [6.07, 6.45) is 7.58. The number of fused-ring (bicyclic) bond motifs is 1. The van der Waals surface area contributed by atoms with Crippen LogP contribution in [-0.4, -0.2) is 36.9 Å². The third-order valence-corrected chi connectivity index (χ3v) is 7.05. The van der Waals surface area contributed by atoms with Gasteiger partial charge in [0.15, 0.2) is 5.78 Å². The highest BCUT2D eigenvalue weighted by Gasteiger charge is 2.18. The molecule has 0 aromatic heterocycles. The van der Waals surface area contributed by atoms with E-state index < -0.39 is 0 Å². The molecule has 1 fully saturated rings. The standard InChI is InChI=1S/C27H36N2O.2ClH/c1-21-5-2-3-7-26(21)20-29-17-13-23-9-10-25(19-24(23)14-18-29)27(30)8-4-6-22-11-15-28-16-12-22;;/h2-3,5,7,9-10,19,22,28H,4,6,8,11-18,20H2,1H3;2*1H. The lowest BCUT2D eigenvalue weighted by Crippen LogP contribution is -2.27. The zero-order valence-electron chi connectivity index (χ0n) is 19.3. The zero-order valence-corrected chi connectivity index (χ0v) is 20.9. The summed E-state index contributed by atoms with van der Waals surface area (Å²) in [4.78, 5) is 15.3. The van der Waals surface area contributed by atoms with Gasteiger partial charge in [0, 0.05) is 31.6 Å². The van der Waals surface area contributed by atoms with Crippen LogP contribution in [0.1, 0.15) is 64.7 Å². The molecule has 2 aromatic rings. The van der Waals surface area contributed by atoms with E-state index in [4.69, 9.17) is 0 Å². The Bertz CT molecular complexity index is 864. The lowest BCUT2D eigenvalue weighted by atomic mass is 9.91. The summed E-state index contributed by atoms with van der Waals surface area (Å²) in [6.45, 7) is 7.66. The van der Waals surface area contributed by atoms with Crippen LogP contribution in [0, 0.1) is 12.8 Å². The van der Waals surface area contributed by atoms with E-state index in [1.54, 1.807) is 0 Å². The number of halogens is 2. The lowest BCUT2D eigenvalue weighted by Gasteiger charge is -2.22. The van der Waals surface area contributed by atoms with Crippen molar-refractivity contribution in [3.63, 3.8) is 0 Å². The molecule has 0 aliphatic carbocycles. The van der Waals surface area contributed by atoms with Crippen LogP contribution in [0.2, 0.25) is 0 Å². The van der Waals surface area contributed by atoms with Gasteiger partial charge in [0.25, 0.3) is 0 Å². The van der Waals surface area contributed by atoms with E-state index in [1.807, 2.05) is 0 Å². The van der Waals surface area contributed by atoms with Crippen molar-refractivity contribution in [2.24, 2.45) is 5.92 Å². The van der Waals surface area contributed by atoms with Crippen molar-refractivity contribution in [3.05, 3.63) is 70.3 Å². The second-order valence-electron chi connectivity index (χ2n) is 9.19. The van der Waals surface area contributed by atoms with Gasteiger partial charge >= 0.3 is 0 Å². The first-order valence-corrected chi connectivity index (χ1v) is 11.8. The molecule has 2 aliphatic heterocycles. The minimum atomic E-state index is 0. The van der Waals surface area contributed by atoms with E-state index in [9.17, 15) is 4.79 Å². The van der Waals surface area contributed by atoms with Gasteiger partial charge in [-0.15, -0.1) is 24.8 Å². The van der Waals surface area contributed by atoms with Crippen LogP contribution >= 0.6 is 24.8 Å². The molecule has 32 heavy (non-hydrogen) atoms. The number of rotatable bonds is 7. The van der Waals surface area contributed by atoms with Gasteiger partial charge in [-0.05, 0) is 92.8 Å². The van der Waals surface area contributed by atoms with Gasteiger partial charge in [-0.2, -0.15) is 0 Å². The lowest BCUT2D eigenvalue weighted by molar-refractivity contribution is 0.0976. The van der Waals surface area contributed by atoms with Crippen LogP contribution in [0.15, 0.2) is 42.5 Å². The summed E-state index contributed by atoms with van der Waals surface area (Å²) in [6, 6.07) is 15.2. The Morgan fingerprint density at radius 2 is 1.72 bits per heavy atom.